The Balaban J connectivity index is 0.000000188. The van der Waals surface area contributed by atoms with Gasteiger partial charge in [0.25, 0.3) is 5.65 Å². The molecule has 2 heterocycles. The molecule has 0 saturated heterocycles. The maximum absolute atomic E-state index is 7.00. The largest absolute Gasteiger partial charge is 0.699 e. The number of rotatable bonds is 0. The van der Waals surface area contributed by atoms with E-state index in [1.807, 2.05) is 52.5 Å². The second-order valence-corrected chi connectivity index (χ2v) is 5.75. The topological polar surface area (TPSA) is 61.5 Å². The molecule has 2 aromatic carbocycles. The van der Waals surface area contributed by atoms with Crippen molar-refractivity contribution in [1.29, 1.82) is 0 Å². The number of nitrogens with zero attached hydrogens (tertiary/aromatic N) is 3. The van der Waals surface area contributed by atoms with Crippen molar-refractivity contribution in [1.82, 2.24) is 14.8 Å². The summed E-state index contributed by atoms with van der Waals surface area (Å²) in [5.74, 6) is 0. The van der Waals surface area contributed by atoms with Crippen LogP contribution in [0.4, 0.5) is 5.69 Å². The Bertz CT molecular complexity index is 1020. The fourth-order valence-corrected chi connectivity index (χ4v) is 2.73. The number of hydrogen-bond donors (Lipinski definition) is 1. The summed E-state index contributed by atoms with van der Waals surface area (Å²) in [6.07, 6.45) is 1.77. The standard InChI is InChI=1S/C10H7ClN4S.C6H6N/c1-14-9-5-12-7-4-6(11)2-3-8(7)15(9)10(16)13-14;7-6-4-2-1-3-5-6/h2-5H,1H3;1-5,7H/q;-1/p+1. The molecule has 2 N–H and O–H groups in total. The predicted octanol–water partition coefficient (Wildman–Crippen LogP) is 4.39. The summed E-state index contributed by atoms with van der Waals surface area (Å²) in [4.78, 5) is 4.35. The van der Waals surface area contributed by atoms with Crippen LogP contribution in [-0.4, -0.2) is 14.8 Å². The molecule has 2 aromatic heterocycles. The summed E-state index contributed by atoms with van der Waals surface area (Å²) in [7, 11) is 1.90. The minimum Gasteiger partial charge on any atom is -0.699 e. The van der Waals surface area contributed by atoms with Crippen LogP contribution in [0.5, 0.6) is 0 Å². The van der Waals surface area contributed by atoms with Crippen molar-refractivity contribution < 1.29 is 4.40 Å². The smallest absolute Gasteiger partial charge is 0.328 e. The highest BCUT2D eigenvalue weighted by molar-refractivity contribution is 7.71. The van der Waals surface area contributed by atoms with Crippen molar-refractivity contribution in [2.45, 2.75) is 0 Å². The van der Waals surface area contributed by atoms with Crippen LogP contribution in [0.15, 0.2) is 54.7 Å². The van der Waals surface area contributed by atoms with E-state index < -0.39 is 0 Å². The number of hydrogen-bond acceptors (Lipinski definition) is 2. The molecule has 0 aliphatic heterocycles. The lowest BCUT2D eigenvalue weighted by Crippen LogP contribution is -2.22. The van der Waals surface area contributed by atoms with Crippen LogP contribution in [-0.2, 0) is 7.05 Å². The van der Waals surface area contributed by atoms with Crippen LogP contribution in [0.25, 0.3) is 22.4 Å². The number of aromatic amines is 1. The van der Waals surface area contributed by atoms with E-state index in [0.717, 1.165) is 16.7 Å². The molecule has 0 amide bonds. The summed E-state index contributed by atoms with van der Waals surface area (Å²) in [5, 5.41) is 3.72. The third-order valence-electron chi connectivity index (χ3n) is 3.31. The zero-order chi connectivity index (χ0) is 16.4. The Morgan fingerprint density at radius 2 is 1.96 bits per heavy atom. The number of aryl methyl sites for hydroxylation is 1. The van der Waals surface area contributed by atoms with Crippen molar-refractivity contribution in [2.24, 2.45) is 7.05 Å². The third kappa shape index (κ3) is 3.18. The highest BCUT2D eigenvalue weighted by Crippen LogP contribution is 2.15. The first kappa shape index (κ1) is 15.5. The van der Waals surface area contributed by atoms with E-state index in [1.165, 1.54) is 0 Å². The first-order valence-electron chi connectivity index (χ1n) is 6.88. The van der Waals surface area contributed by atoms with Gasteiger partial charge in [-0.2, -0.15) is 4.40 Å². The third-order valence-corrected chi connectivity index (χ3v) is 3.82. The van der Waals surface area contributed by atoms with Crippen molar-refractivity contribution in [3.8, 4) is 0 Å². The molecule has 0 fully saturated rings. The van der Waals surface area contributed by atoms with Crippen LogP contribution in [0, 0.1) is 4.77 Å². The van der Waals surface area contributed by atoms with Gasteiger partial charge >= 0.3 is 4.77 Å². The van der Waals surface area contributed by atoms with E-state index in [-0.39, 0.29) is 0 Å². The van der Waals surface area contributed by atoms with Gasteiger partial charge in [0, 0.05) is 5.02 Å². The average molecular weight is 344 g/mol. The Morgan fingerprint density at radius 3 is 2.61 bits per heavy atom. The lowest BCUT2D eigenvalue weighted by molar-refractivity contribution is -0.490. The number of halogens is 1. The summed E-state index contributed by atoms with van der Waals surface area (Å²) < 4.78 is 4.42. The average Bonchev–Trinajstić information content (AvgIpc) is 2.83. The highest BCUT2D eigenvalue weighted by atomic mass is 35.5. The minimum absolute atomic E-state index is 0.572. The van der Waals surface area contributed by atoms with Gasteiger partial charge in [0.15, 0.2) is 0 Å². The molecule has 0 aliphatic carbocycles. The first-order chi connectivity index (χ1) is 11.1. The van der Waals surface area contributed by atoms with Crippen LogP contribution in [0.3, 0.4) is 0 Å². The fourth-order valence-electron chi connectivity index (χ4n) is 2.24. The Hall–Kier alpha value is -2.44. The molecule has 4 aromatic rings. The number of nitrogens with one attached hydrogen (secondary N) is 2. The van der Waals surface area contributed by atoms with E-state index in [0.29, 0.717) is 15.5 Å². The SMILES string of the molecule is Cn1[nH]c(=S)[n+]2c3ccc(Cl)cc3ncc12.[NH-]c1ccccc1. The molecule has 0 atom stereocenters. The van der Waals surface area contributed by atoms with E-state index in [9.17, 15) is 0 Å². The van der Waals surface area contributed by atoms with Crippen molar-refractivity contribution in [2.75, 3.05) is 0 Å². The quantitative estimate of drug-likeness (QED) is 0.380. The molecule has 0 radical (unpaired) electrons. The van der Waals surface area contributed by atoms with Gasteiger partial charge in [-0.3, -0.25) is 0 Å². The first-order valence-corrected chi connectivity index (χ1v) is 7.66. The Labute approximate surface area is 142 Å². The molecule has 23 heavy (non-hydrogen) atoms. The van der Waals surface area contributed by atoms with Gasteiger partial charge in [0.2, 0.25) is 0 Å². The Morgan fingerprint density at radius 1 is 1.22 bits per heavy atom. The van der Waals surface area contributed by atoms with Gasteiger partial charge < -0.3 is 5.73 Å². The van der Waals surface area contributed by atoms with Gasteiger partial charge in [-0.1, -0.05) is 41.9 Å². The van der Waals surface area contributed by atoms with Gasteiger partial charge in [0.1, 0.15) is 17.2 Å². The van der Waals surface area contributed by atoms with E-state index in [4.69, 9.17) is 29.6 Å². The molecule has 5 nitrogen and oxygen atoms in total. The van der Waals surface area contributed by atoms with Crippen LogP contribution in [0.1, 0.15) is 0 Å². The minimum atomic E-state index is 0.572. The Kier molecular flexibility index (Phi) is 4.27. The molecule has 0 saturated carbocycles. The lowest BCUT2D eigenvalue weighted by atomic mass is 10.3. The fraction of sp³-hybridized carbons (Fsp3) is 0.0625. The van der Waals surface area contributed by atoms with Crippen LogP contribution in [0.2, 0.25) is 5.02 Å². The summed E-state index contributed by atoms with van der Waals surface area (Å²) >= 11 is 11.2. The van der Waals surface area contributed by atoms with Crippen LogP contribution >= 0.6 is 23.8 Å². The molecule has 0 unspecified atom stereocenters. The van der Waals surface area contributed by atoms with Crippen molar-refractivity contribution >= 4 is 46.2 Å². The zero-order valence-corrected chi connectivity index (χ0v) is 13.9. The number of H-pyrrole nitrogens is 1. The molecule has 4 rings (SSSR count). The van der Waals surface area contributed by atoms with E-state index in [1.54, 1.807) is 18.3 Å². The molecular weight excluding hydrogens is 330 g/mol. The molecule has 0 aliphatic rings. The monoisotopic (exact) mass is 343 g/mol. The van der Waals surface area contributed by atoms with Gasteiger partial charge in [0.05, 0.1) is 7.05 Å². The number of fused-ring (bicyclic) bond motifs is 3. The van der Waals surface area contributed by atoms with E-state index >= 15 is 0 Å². The van der Waals surface area contributed by atoms with E-state index in [2.05, 4.69) is 10.1 Å². The van der Waals surface area contributed by atoms with Gasteiger partial charge in [-0.15, -0.1) is 15.5 Å². The second kappa shape index (κ2) is 6.36. The predicted molar refractivity (Wildman–Crippen MR) is 94.5 cm³/mol. The molecule has 0 spiro atoms. The number of aromatic nitrogens is 4. The van der Waals surface area contributed by atoms with Gasteiger partial charge in [-0.25, -0.2) is 4.98 Å². The van der Waals surface area contributed by atoms with Crippen molar-refractivity contribution in [3.63, 3.8) is 0 Å². The summed E-state index contributed by atoms with van der Waals surface area (Å²) in [6.45, 7) is 0. The van der Waals surface area contributed by atoms with Crippen LogP contribution < -0.4 is 4.40 Å². The molecule has 116 valence electrons. The normalized spacial score (nSPS) is 10.5. The maximum Gasteiger partial charge on any atom is 0.328 e. The van der Waals surface area contributed by atoms with Gasteiger partial charge in [-0.05, 0) is 30.4 Å². The molecular formula is C16H14ClN5S. The molecule has 0 bridgehead atoms. The lowest BCUT2D eigenvalue weighted by Gasteiger charge is -1.96. The molecule has 7 heteroatoms. The highest BCUT2D eigenvalue weighted by Gasteiger charge is 2.12. The second-order valence-electron chi connectivity index (χ2n) is 4.93. The summed E-state index contributed by atoms with van der Waals surface area (Å²) in [5.41, 5.74) is 10.3. The van der Waals surface area contributed by atoms with Crippen molar-refractivity contribution in [3.05, 3.63) is 70.3 Å². The number of benzene rings is 2. The maximum atomic E-state index is 7.00. The summed E-state index contributed by atoms with van der Waals surface area (Å²) in [6, 6.07) is 14.7. The zero-order valence-electron chi connectivity index (χ0n) is 12.3.